The fourth-order valence-corrected chi connectivity index (χ4v) is 4.33. The van der Waals surface area contributed by atoms with Crippen molar-refractivity contribution in [1.82, 2.24) is 9.88 Å². The lowest BCUT2D eigenvalue weighted by atomic mass is 9.99. The van der Waals surface area contributed by atoms with Crippen molar-refractivity contribution in [2.45, 2.75) is 25.5 Å². The second-order valence-electron chi connectivity index (χ2n) is 6.23. The van der Waals surface area contributed by atoms with Gasteiger partial charge in [0.1, 0.15) is 6.10 Å². The standard InChI is InChI=1S/C19H20N2O2S/c22-19(21-9-6-14-3-1-2-4-16(14)12-21)15-5-8-20-18(11-15)23-17-7-10-24-13-17/h1-5,8,11,17H,6-7,9-10,12-13H2. The zero-order valence-electron chi connectivity index (χ0n) is 13.5. The molecule has 1 amide bonds. The number of amides is 1. The highest BCUT2D eigenvalue weighted by Crippen LogP contribution is 2.24. The van der Waals surface area contributed by atoms with E-state index in [0.29, 0.717) is 18.0 Å². The van der Waals surface area contributed by atoms with Gasteiger partial charge in [-0.25, -0.2) is 4.98 Å². The van der Waals surface area contributed by atoms with Crippen LogP contribution in [0.1, 0.15) is 27.9 Å². The van der Waals surface area contributed by atoms with Gasteiger partial charge in [-0.3, -0.25) is 4.79 Å². The van der Waals surface area contributed by atoms with E-state index in [4.69, 9.17) is 4.74 Å². The number of hydrogen-bond donors (Lipinski definition) is 0. The van der Waals surface area contributed by atoms with Gasteiger partial charge in [-0.15, -0.1) is 0 Å². The summed E-state index contributed by atoms with van der Waals surface area (Å²) in [6.07, 6.45) is 3.85. The van der Waals surface area contributed by atoms with Gasteiger partial charge in [0.05, 0.1) is 0 Å². The molecule has 4 nitrogen and oxygen atoms in total. The van der Waals surface area contributed by atoms with Crippen molar-refractivity contribution < 1.29 is 9.53 Å². The number of carbonyl (C=O) groups excluding carboxylic acids is 1. The number of thioether (sulfide) groups is 1. The Morgan fingerprint density at radius 1 is 1.25 bits per heavy atom. The first-order chi connectivity index (χ1) is 11.8. The molecule has 0 N–H and O–H groups in total. The quantitative estimate of drug-likeness (QED) is 0.861. The maximum Gasteiger partial charge on any atom is 0.254 e. The van der Waals surface area contributed by atoms with Crippen LogP contribution in [0, 0.1) is 0 Å². The number of pyridine rings is 1. The first kappa shape index (κ1) is 15.5. The normalized spacial score (nSPS) is 19.8. The molecule has 2 aromatic rings. The number of ether oxygens (including phenoxy) is 1. The average molecular weight is 340 g/mol. The second-order valence-corrected chi connectivity index (χ2v) is 7.38. The minimum atomic E-state index is 0.0533. The second kappa shape index (κ2) is 6.85. The van der Waals surface area contributed by atoms with E-state index in [9.17, 15) is 4.79 Å². The highest BCUT2D eigenvalue weighted by molar-refractivity contribution is 7.99. The van der Waals surface area contributed by atoms with Gasteiger partial charge in [0.25, 0.3) is 5.91 Å². The Balaban J connectivity index is 1.48. The molecule has 3 heterocycles. The van der Waals surface area contributed by atoms with Crippen molar-refractivity contribution in [3.05, 3.63) is 59.3 Å². The van der Waals surface area contributed by atoms with E-state index >= 15 is 0 Å². The van der Waals surface area contributed by atoms with Crippen LogP contribution in [0.3, 0.4) is 0 Å². The number of hydrogen-bond acceptors (Lipinski definition) is 4. The third-order valence-electron chi connectivity index (χ3n) is 4.57. The summed E-state index contributed by atoms with van der Waals surface area (Å²) in [5.41, 5.74) is 3.25. The van der Waals surface area contributed by atoms with Crippen LogP contribution in [0.2, 0.25) is 0 Å². The summed E-state index contributed by atoms with van der Waals surface area (Å²) in [6, 6.07) is 11.9. The molecule has 4 rings (SSSR count). The first-order valence-corrected chi connectivity index (χ1v) is 9.51. The molecule has 1 unspecified atom stereocenters. The van der Waals surface area contributed by atoms with E-state index in [1.807, 2.05) is 22.7 Å². The van der Waals surface area contributed by atoms with Gasteiger partial charge < -0.3 is 9.64 Å². The van der Waals surface area contributed by atoms with Gasteiger partial charge in [0, 0.05) is 36.7 Å². The van der Waals surface area contributed by atoms with E-state index in [-0.39, 0.29) is 12.0 Å². The number of benzene rings is 1. The van der Waals surface area contributed by atoms with E-state index in [2.05, 4.69) is 23.2 Å². The lowest BCUT2D eigenvalue weighted by Crippen LogP contribution is -2.36. The van der Waals surface area contributed by atoms with Crippen molar-refractivity contribution >= 4 is 17.7 Å². The van der Waals surface area contributed by atoms with Crippen molar-refractivity contribution in [3.63, 3.8) is 0 Å². The van der Waals surface area contributed by atoms with Crippen molar-refractivity contribution in [3.8, 4) is 5.88 Å². The number of aromatic nitrogens is 1. The number of nitrogens with zero attached hydrogens (tertiary/aromatic N) is 2. The molecule has 1 aromatic heterocycles. The zero-order chi connectivity index (χ0) is 16.4. The van der Waals surface area contributed by atoms with Crippen LogP contribution < -0.4 is 4.74 Å². The van der Waals surface area contributed by atoms with Gasteiger partial charge in [-0.1, -0.05) is 24.3 Å². The Hall–Kier alpha value is -2.01. The van der Waals surface area contributed by atoms with Crippen LogP contribution in [-0.4, -0.2) is 39.9 Å². The fourth-order valence-electron chi connectivity index (χ4n) is 3.24. The summed E-state index contributed by atoms with van der Waals surface area (Å²) < 4.78 is 5.91. The molecule has 0 saturated carbocycles. The highest BCUT2D eigenvalue weighted by Gasteiger charge is 2.23. The van der Waals surface area contributed by atoms with Crippen LogP contribution in [0.5, 0.6) is 5.88 Å². The Morgan fingerprint density at radius 2 is 2.12 bits per heavy atom. The van der Waals surface area contributed by atoms with Gasteiger partial charge >= 0.3 is 0 Å². The molecular weight excluding hydrogens is 320 g/mol. The topological polar surface area (TPSA) is 42.4 Å². The summed E-state index contributed by atoms with van der Waals surface area (Å²) in [5.74, 6) is 2.75. The minimum absolute atomic E-state index is 0.0533. The SMILES string of the molecule is O=C(c1ccnc(OC2CCSC2)c1)N1CCc2ccccc2C1. The maximum atomic E-state index is 12.8. The van der Waals surface area contributed by atoms with E-state index in [1.165, 1.54) is 11.1 Å². The van der Waals surface area contributed by atoms with Crippen LogP contribution in [-0.2, 0) is 13.0 Å². The molecule has 24 heavy (non-hydrogen) atoms. The van der Waals surface area contributed by atoms with Gasteiger partial charge in [-0.2, -0.15) is 11.8 Å². The van der Waals surface area contributed by atoms with Crippen LogP contribution >= 0.6 is 11.8 Å². The third-order valence-corrected chi connectivity index (χ3v) is 5.71. The smallest absolute Gasteiger partial charge is 0.254 e. The number of rotatable bonds is 3. The predicted molar refractivity (Wildman–Crippen MR) is 95.5 cm³/mol. The molecule has 1 saturated heterocycles. The largest absolute Gasteiger partial charge is 0.473 e. The van der Waals surface area contributed by atoms with E-state index < -0.39 is 0 Å². The zero-order valence-corrected chi connectivity index (χ0v) is 14.3. The molecular formula is C19H20N2O2S. The lowest BCUT2D eigenvalue weighted by Gasteiger charge is -2.29. The Labute approximate surface area is 146 Å². The monoisotopic (exact) mass is 340 g/mol. The Bertz CT molecular complexity index is 744. The van der Waals surface area contributed by atoms with Gasteiger partial charge in [-0.05, 0) is 35.8 Å². The van der Waals surface area contributed by atoms with Gasteiger partial charge in [0.15, 0.2) is 0 Å². The summed E-state index contributed by atoms with van der Waals surface area (Å²) in [7, 11) is 0. The molecule has 0 aliphatic carbocycles. The molecule has 0 radical (unpaired) electrons. The predicted octanol–water partition coefficient (Wildman–Crippen LogP) is 3.16. The average Bonchev–Trinajstić information content (AvgIpc) is 3.14. The maximum absolute atomic E-state index is 12.8. The molecule has 0 spiro atoms. The highest BCUT2D eigenvalue weighted by atomic mass is 32.2. The van der Waals surface area contributed by atoms with Crippen molar-refractivity contribution in [1.29, 1.82) is 0 Å². The van der Waals surface area contributed by atoms with Crippen molar-refractivity contribution in [2.75, 3.05) is 18.1 Å². The lowest BCUT2D eigenvalue weighted by molar-refractivity contribution is 0.0733. The van der Waals surface area contributed by atoms with E-state index in [0.717, 1.165) is 30.9 Å². The molecule has 2 aliphatic heterocycles. The van der Waals surface area contributed by atoms with Crippen molar-refractivity contribution in [2.24, 2.45) is 0 Å². The molecule has 124 valence electrons. The molecule has 0 bridgehead atoms. The molecule has 1 aromatic carbocycles. The van der Waals surface area contributed by atoms with Crippen LogP contribution in [0.15, 0.2) is 42.6 Å². The summed E-state index contributed by atoms with van der Waals surface area (Å²) in [4.78, 5) is 19.0. The van der Waals surface area contributed by atoms with Gasteiger partial charge in [0.2, 0.25) is 5.88 Å². The van der Waals surface area contributed by atoms with Crippen LogP contribution in [0.4, 0.5) is 0 Å². The number of carbonyl (C=O) groups is 1. The molecule has 1 atom stereocenters. The minimum Gasteiger partial charge on any atom is -0.473 e. The summed E-state index contributed by atoms with van der Waals surface area (Å²) in [5, 5.41) is 0. The summed E-state index contributed by atoms with van der Waals surface area (Å²) in [6.45, 7) is 1.43. The Kier molecular flexibility index (Phi) is 4.43. The molecule has 5 heteroatoms. The first-order valence-electron chi connectivity index (χ1n) is 8.36. The Morgan fingerprint density at radius 3 is 2.96 bits per heavy atom. The third kappa shape index (κ3) is 3.26. The summed E-state index contributed by atoms with van der Waals surface area (Å²) >= 11 is 1.90. The number of fused-ring (bicyclic) bond motifs is 1. The van der Waals surface area contributed by atoms with Crippen LogP contribution in [0.25, 0.3) is 0 Å². The fraction of sp³-hybridized carbons (Fsp3) is 0.368. The molecule has 1 fully saturated rings. The molecule has 2 aliphatic rings. The van der Waals surface area contributed by atoms with E-state index in [1.54, 1.807) is 18.3 Å².